The number of benzene rings is 1. The van der Waals surface area contributed by atoms with Crippen LogP contribution in [0.1, 0.15) is 24.8 Å². The summed E-state index contributed by atoms with van der Waals surface area (Å²) >= 11 is 0. The summed E-state index contributed by atoms with van der Waals surface area (Å²) < 4.78 is 0. The Balaban J connectivity index is 2.45. The lowest BCUT2D eigenvalue weighted by Gasteiger charge is -2.12. The number of rotatable bonds is 8. The fraction of sp³-hybridized carbons (Fsp3) is 0.357. The molecule has 0 radical (unpaired) electrons. The van der Waals surface area contributed by atoms with E-state index in [9.17, 15) is 19.5 Å². The first-order valence-corrected chi connectivity index (χ1v) is 6.46. The normalized spacial score (nSPS) is 11.6. The number of primary amides is 1. The number of hydrogen-bond acceptors (Lipinski definition) is 5. The van der Waals surface area contributed by atoms with Crippen LogP contribution in [0.5, 0.6) is 11.5 Å². The molecular formula is C14H18N2O5. The first-order chi connectivity index (χ1) is 9.92. The fourth-order valence-electron chi connectivity index (χ4n) is 1.76. The molecule has 0 heterocycles. The molecule has 0 aliphatic carbocycles. The van der Waals surface area contributed by atoms with Gasteiger partial charge < -0.3 is 26.1 Å². The first kappa shape index (κ1) is 16.5. The Labute approximate surface area is 121 Å². The van der Waals surface area contributed by atoms with E-state index in [2.05, 4.69) is 5.32 Å². The maximum Gasteiger partial charge on any atom is 0.220 e. The Morgan fingerprint density at radius 3 is 2.57 bits per heavy atom. The molecule has 1 aromatic carbocycles. The van der Waals surface area contributed by atoms with Crippen molar-refractivity contribution in [1.82, 2.24) is 5.32 Å². The van der Waals surface area contributed by atoms with Gasteiger partial charge in [-0.2, -0.15) is 0 Å². The van der Waals surface area contributed by atoms with Crippen molar-refractivity contribution in [2.24, 2.45) is 5.73 Å². The third-order valence-corrected chi connectivity index (χ3v) is 2.90. The molecule has 0 aromatic heterocycles. The Bertz CT molecular complexity index is 530. The van der Waals surface area contributed by atoms with E-state index in [-0.39, 0.29) is 43.1 Å². The van der Waals surface area contributed by atoms with Crippen molar-refractivity contribution in [3.8, 4) is 11.5 Å². The van der Waals surface area contributed by atoms with Crippen LogP contribution < -0.4 is 11.1 Å². The number of aryl methyl sites for hydroxylation is 1. The summed E-state index contributed by atoms with van der Waals surface area (Å²) in [6.45, 7) is 0. The van der Waals surface area contributed by atoms with Gasteiger partial charge in [0.15, 0.2) is 0 Å². The molecule has 5 N–H and O–H groups in total. The van der Waals surface area contributed by atoms with Crippen LogP contribution in [0, 0.1) is 0 Å². The second kappa shape index (κ2) is 7.88. The molecule has 0 aliphatic heterocycles. The van der Waals surface area contributed by atoms with Crippen LogP contribution in [0.25, 0.3) is 0 Å². The average molecular weight is 294 g/mol. The van der Waals surface area contributed by atoms with Crippen molar-refractivity contribution in [2.45, 2.75) is 31.7 Å². The highest BCUT2D eigenvalue weighted by Crippen LogP contribution is 2.23. The van der Waals surface area contributed by atoms with E-state index < -0.39 is 11.9 Å². The Hall–Kier alpha value is -2.57. The lowest BCUT2D eigenvalue weighted by atomic mass is 10.1. The minimum Gasteiger partial charge on any atom is -0.508 e. The molecule has 0 saturated heterocycles. The van der Waals surface area contributed by atoms with Gasteiger partial charge in [-0.15, -0.1) is 0 Å². The van der Waals surface area contributed by atoms with Crippen LogP contribution in [0.15, 0.2) is 18.2 Å². The van der Waals surface area contributed by atoms with Gasteiger partial charge in [-0.3, -0.25) is 9.59 Å². The van der Waals surface area contributed by atoms with E-state index in [1.54, 1.807) is 0 Å². The van der Waals surface area contributed by atoms with Gasteiger partial charge in [-0.25, -0.2) is 0 Å². The van der Waals surface area contributed by atoms with E-state index in [1.807, 2.05) is 0 Å². The number of nitrogens with one attached hydrogen (secondary N) is 1. The fourth-order valence-corrected chi connectivity index (χ4v) is 1.76. The summed E-state index contributed by atoms with van der Waals surface area (Å²) in [6, 6.07) is 3.36. The van der Waals surface area contributed by atoms with Gasteiger partial charge in [0.25, 0.3) is 0 Å². The van der Waals surface area contributed by atoms with Gasteiger partial charge in [0, 0.05) is 18.9 Å². The highest BCUT2D eigenvalue weighted by atomic mass is 16.3. The molecule has 0 fully saturated rings. The number of nitrogens with two attached hydrogens (primary N) is 1. The van der Waals surface area contributed by atoms with Crippen LogP contribution in [-0.2, 0) is 20.8 Å². The summed E-state index contributed by atoms with van der Waals surface area (Å²) in [6.07, 6.45) is 1.06. The van der Waals surface area contributed by atoms with Crippen LogP contribution in [0.4, 0.5) is 0 Å². The molecular weight excluding hydrogens is 276 g/mol. The number of amides is 2. The number of aromatic hydroxyl groups is 2. The largest absolute Gasteiger partial charge is 0.508 e. The zero-order chi connectivity index (χ0) is 15.8. The minimum absolute atomic E-state index is 0.0163. The zero-order valence-corrected chi connectivity index (χ0v) is 11.4. The molecule has 7 heteroatoms. The third kappa shape index (κ3) is 5.94. The highest BCUT2D eigenvalue weighted by molar-refractivity contribution is 5.80. The minimum atomic E-state index is -0.751. The van der Waals surface area contributed by atoms with Gasteiger partial charge >= 0.3 is 0 Å². The topological polar surface area (TPSA) is 130 Å². The maximum absolute atomic E-state index is 11.7. The van der Waals surface area contributed by atoms with E-state index in [0.29, 0.717) is 11.8 Å². The molecule has 0 saturated carbocycles. The van der Waals surface area contributed by atoms with Crippen molar-refractivity contribution in [1.29, 1.82) is 0 Å². The third-order valence-electron chi connectivity index (χ3n) is 2.90. The highest BCUT2D eigenvalue weighted by Gasteiger charge is 2.13. The maximum atomic E-state index is 11.7. The van der Waals surface area contributed by atoms with E-state index in [4.69, 9.17) is 10.8 Å². The van der Waals surface area contributed by atoms with Crippen molar-refractivity contribution in [3.05, 3.63) is 23.8 Å². The Morgan fingerprint density at radius 2 is 2.00 bits per heavy atom. The number of hydrogen-bond donors (Lipinski definition) is 4. The summed E-state index contributed by atoms with van der Waals surface area (Å²) in [5.74, 6) is -1.06. The van der Waals surface area contributed by atoms with Crippen LogP contribution in [0.2, 0.25) is 0 Å². The van der Waals surface area contributed by atoms with Crippen LogP contribution in [0.3, 0.4) is 0 Å². The number of phenolic OH excluding ortho intramolecular Hbond substituents is 2. The predicted octanol–water partition coefficient (Wildman–Crippen LogP) is -0.0204. The number of phenols is 2. The average Bonchev–Trinajstić information content (AvgIpc) is 2.42. The molecule has 0 bridgehead atoms. The quantitative estimate of drug-likeness (QED) is 0.501. The van der Waals surface area contributed by atoms with Gasteiger partial charge in [0.1, 0.15) is 17.8 Å². The Kier molecular flexibility index (Phi) is 6.19. The van der Waals surface area contributed by atoms with Crippen molar-refractivity contribution < 1.29 is 24.6 Å². The van der Waals surface area contributed by atoms with Crippen LogP contribution in [-0.4, -0.2) is 34.4 Å². The zero-order valence-electron chi connectivity index (χ0n) is 11.4. The van der Waals surface area contributed by atoms with E-state index >= 15 is 0 Å². The first-order valence-electron chi connectivity index (χ1n) is 6.46. The van der Waals surface area contributed by atoms with Crippen LogP contribution >= 0.6 is 0 Å². The van der Waals surface area contributed by atoms with Gasteiger partial charge in [0.05, 0.1) is 6.04 Å². The molecule has 0 spiro atoms. The Morgan fingerprint density at radius 1 is 1.29 bits per heavy atom. The number of carbonyl (C=O) groups excluding carboxylic acids is 3. The lowest BCUT2D eigenvalue weighted by molar-refractivity contribution is -0.124. The second-order valence-corrected chi connectivity index (χ2v) is 4.63. The monoisotopic (exact) mass is 294 g/mol. The number of aldehydes is 1. The molecule has 114 valence electrons. The van der Waals surface area contributed by atoms with Crippen molar-refractivity contribution >= 4 is 18.1 Å². The standard InChI is InChI=1S/C14H18N2O5/c15-13(20)5-3-10(8-17)16-14(21)6-2-9-1-4-11(18)7-12(9)19/h1,4,7-8,10,18-19H,2-3,5-6H2,(H2,15,20)(H,16,21)/t10-/m0/s1. The van der Waals surface area contributed by atoms with Gasteiger partial charge in [-0.1, -0.05) is 6.07 Å². The van der Waals surface area contributed by atoms with Crippen molar-refractivity contribution in [3.63, 3.8) is 0 Å². The lowest BCUT2D eigenvalue weighted by Crippen LogP contribution is -2.36. The second-order valence-electron chi connectivity index (χ2n) is 4.63. The van der Waals surface area contributed by atoms with E-state index in [0.717, 1.165) is 0 Å². The summed E-state index contributed by atoms with van der Waals surface area (Å²) in [5.41, 5.74) is 5.49. The molecule has 1 rings (SSSR count). The molecule has 1 aromatic rings. The molecule has 0 unspecified atom stereocenters. The molecule has 2 amide bonds. The summed E-state index contributed by atoms with van der Waals surface area (Å²) in [4.78, 5) is 33.1. The molecule has 0 aliphatic rings. The summed E-state index contributed by atoms with van der Waals surface area (Å²) in [5, 5.41) is 21.2. The van der Waals surface area contributed by atoms with Gasteiger partial charge in [-0.05, 0) is 24.5 Å². The van der Waals surface area contributed by atoms with Gasteiger partial charge in [0.2, 0.25) is 11.8 Å². The molecule has 21 heavy (non-hydrogen) atoms. The molecule has 1 atom stereocenters. The van der Waals surface area contributed by atoms with Crippen molar-refractivity contribution in [2.75, 3.05) is 0 Å². The SMILES string of the molecule is NC(=O)CC[C@@H](C=O)NC(=O)CCc1ccc(O)cc1O. The predicted molar refractivity (Wildman–Crippen MR) is 74.5 cm³/mol. The number of carbonyl (C=O) groups is 3. The molecule has 7 nitrogen and oxygen atoms in total. The summed E-state index contributed by atoms with van der Waals surface area (Å²) in [7, 11) is 0. The smallest absolute Gasteiger partial charge is 0.220 e. The van der Waals surface area contributed by atoms with E-state index in [1.165, 1.54) is 18.2 Å².